The molecule has 0 aliphatic heterocycles. The van der Waals surface area contributed by atoms with Crippen molar-refractivity contribution in [3.05, 3.63) is 46.5 Å². The van der Waals surface area contributed by atoms with E-state index in [1.807, 2.05) is 0 Å². The van der Waals surface area contributed by atoms with Crippen LogP contribution in [0.5, 0.6) is 0 Å². The fraction of sp³-hybridized carbons (Fsp3) is 0.200. The fourth-order valence-corrected chi connectivity index (χ4v) is 1.59. The van der Waals surface area contributed by atoms with Crippen molar-refractivity contribution in [2.45, 2.75) is 6.10 Å². The Morgan fingerprint density at radius 3 is 2.81 bits per heavy atom. The summed E-state index contributed by atoms with van der Waals surface area (Å²) in [4.78, 5) is 0. The molecule has 2 rings (SSSR count). The van der Waals surface area contributed by atoms with Gasteiger partial charge in [0.1, 0.15) is 11.9 Å². The van der Waals surface area contributed by atoms with Gasteiger partial charge in [-0.3, -0.25) is 0 Å². The zero-order valence-electron chi connectivity index (χ0n) is 8.43. The Morgan fingerprint density at radius 1 is 1.50 bits per heavy atom. The third-order valence-corrected chi connectivity index (χ3v) is 2.52. The standard InChI is InChI=1S/C10H9ClFN3O/c1-15-9(5-13-14-15)10(16)7-3-2-6(11)4-8(7)12/h2-5,10,16H,1H3. The molecule has 4 nitrogen and oxygen atoms in total. The maximum Gasteiger partial charge on any atom is 0.130 e. The van der Waals surface area contributed by atoms with Crippen molar-refractivity contribution < 1.29 is 9.50 Å². The summed E-state index contributed by atoms with van der Waals surface area (Å²) in [6.07, 6.45) is 0.288. The Morgan fingerprint density at radius 2 is 2.25 bits per heavy atom. The smallest absolute Gasteiger partial charge is 0.130 e. The molecule has 0 amide bonds. The molecule has 0 radical (unpaired) electrons. The third-order valence-electron chi connectivity index (χ3n) is 2.29. The first kappa shape index (κ1) is 11.0. The van der Waals surface area contributed by atoms with E-state index in [1.165, 1.54) is 23.0 Å². The molecule has 1 aromatic heterocycles. The first-order valence-electron chi connectivity index (χ1n) is 4.57. The number of halogens is 2. The first-order valence-corrected chi connectivity index (χ1v) is 4.95. The van der Waals surface area contributed by atoms with E-state index in [2.05, 4.69) is 10.3 Å². The van der Waals surface area contributed by atoms with E-state index in [1.54, 1.807) is 7.05 Å². The van der Waals surface area contributed by atoms with Crippen molar-refractivity contribution in [3.8, 4) is 0 Å². The van der Waals surface area contributed by atoms with Gasteiger partial charge in [-0.05, 0) is 12.1 Å². The van der Waals surface area contributed by atoms with E-state index in [0.717, 1.165) is 6.07 Å². The average molecular weight is 242 g/mol. The second-order valence-electron chi connectivity index (χ2n) is 3.35. The lowest BCUT2D eigenvalue weighted by molar-refractivity contribution is 0.204. The van der Waals surface area contributed by atoms with Crippen LogP contribution in [0.3, 0.4) is 0 Å². The maximum absolute atomic E-state index is 13.5. The zero-order valence-corrected chi connectivity index (χ0v) is 9.19. The zero-order chi connectivity index (χ0) is 11.7. The van der Waals surface area contributed by atoms with Crippen molar-refractivity contribution in [3.63, 3.8) is 0 Å². The van der Waals surface area contributed by atoms with Crippen LogP contribution in [0.2, 0.25) is 5.02 Å². The van der Waals surface area contributed by atoms with E-state index in [-0.39, 0.29) is 10.6 Å². The number of benzene rings is 1. The average Bonchev–Trinajstić information content (AvgIpc) is 2.63. The molecular weight excluding hydrogens is 233 g/mol. The van der Waals surface area contributed by atoms with Crippen LogP contribution < -0.4 is 0 Å². The molecule has 0 saturated carbocycles. The fourth-order valence-electron chi connectivity index (χ4n) is 1.43. The Balaban J connectivity index is 2.41. The van der Waals surface area contributed by atoms with Gasteiger partial charge < -0.3 is 5.11 Å². The lowest BCUT2D eigenvalue weighted by Crippen LogP contribution is -2.08. The van der Waals surface area contributed by atoms with Gasteiger partial charge in [-0.1, -0.05) is 22.9 Å². The highest BCUT2D eigenvalue weighted by Gasteiger charge is 2.18. The number of nitrogens with zero attached hydrogens (tertiary/aromatic N) is 3. The maximum atomic E-state index is 13.5. The van der Waals surface area contributed by atoms with Crippen LogP contribution in [0.15, 0.2) is 24.4 Å². The number of rotatable bonds is 2. The minimum atomic E-state index is -1.10. The first-order chi connectivity index (χ1) is 7.59. The Kier molecular flexibility index (Phi) is 2.89. The molecule has 84 valence electrons. The molecule has 0 fully saturated rings. The van der Waals surface area contributed by atoms with Crippen molar-refractivity contribution in [2.24, 2.45) is 7.05 Å². The molecule has 1 atom stereocenters. The molecule has 0 bridgehead atoms. The molecule has 2 aromatic rings. The van der Waals surface area contributed by atoms with Crippen molar-refractivity contribution in [1.82, 2.24) is 15.0 Å². The lowest BCUT2D eigenvalue weighted by atomic mass is 10.1. The van der Waals surface area contributed by atoms with Crippen LogP contribution in [0.1, 0.15) is 17.4 Å². The normalized spacial score (nSPS) is 12.8. The molecule has 1 N–H and O–H groups in total. The second kappa shape index (κ2) is 4.19. The number of aromatic nitrogens is 3. The monoisotopic (exact) mass is 241 g/mol. The SMILES string of the molecule is Cn1nncc1C(O)c1ccc(Cl)cc1F. The highest BCUT2D eigenvalue weighted by atomic mass is 35.5. The minimum Gasteiger partial charge on any atom is -0.382 e. The number of aliphatic hydroxyl groups excluding tert-OH is 1. The Hall–Kier alpha value is -1.46. The summed E-state index contributed by atoms with van der Waals surface area (Å²) in [5.41, 5.74) is 0.566. The highest BCUT2D eigenvalue weighted by Crippen LogP contribution is 2.25. The van der Waals surface area contributed by atoms with E-state index < -0.39 is 11.9 Å². The van der Waals surface area contributed by atoms with Crippen LogP contribution in [0.4, 0.5) is 4.39 Å². The second-order valence-corrected chi connectivity index (χ2v) is 3.79. The van der Waals surface area contributed by atoms with Crippen molar-refractivity contribution >= 4 is 11.6 Å². The molecule has 1 aromatic carbocycles. The topological polar surface area (TPSA) is 50.9 Å². The number of aryl methyl sites for hydroxylation is 1. The van der Waals surface area contributed by atoms with Gasteiger partial charge in [0.15, 0.2) is 0 Å². The van der Waals surface area contributed by atoms with E-state index in [4.69, 9.17) is 11.6 Å². The molecule has 0 aliphatic rings. The largest absolute Gasteiger partial charge is 0.382 e. The quantitative estimate of drug-likeness (QED) is 0.871. The van der Waals surface area contributed by atoms with Gasteiger partial charge in [-0.2, -0.15) is 0 Å². The molecule has 1 heterocycles. The summed E-state index contributed by atoms with van der Waals surface area (Å²) in [6.45, 7) is 0. The molecule has 0 aliphatic carbocycles. The van der Waals surface area contributed by atoms with E-state index >= 15 is 0 Å². The van der Waals surface area contributed by atoms with Crippen LogP contribution in [0.25, 0.3) is 0 Å². The van der Waals surface area contributed by atoms with Crippen LogP contribution >= 0.6 is 11.6 Å². The molecule has 1 unspecified atom stereocenters. The summed E-state index contributed by atoms with van der Waals surface area (Å²) >= 11 is 5.63. The van der Waals surface area contributed by atoms with Gasteiger partial charge in [-0.15, -0.1) is 5.10 Å². The van der Waals surface area contributed by atoms with Crippen molar-refractivity contribution in [2.75, 3.05) is 0 Å². The van der Waals surface area contributed by atoms with Crippen LogP contribution in [-0.4, -0.2) is 20.1 Å². The van der Waals surface area contributed by atoms with Crippen molar-refractivity contribution in [1.29, 1.82) is 0 Å². The van der Waals surface area contributed by atoms with E-state index in [9.17, 15) is 9.50 Å². The predicted octanol–water partition coefficient (Wildman–Crippen LogP) is 1.69. The Bertz CT molecular complexity index is 515. The summed E-state index contributed by atoms with van der Waals surface area (Å²) in [6, 6.07) is 4.12. The van der Waals surface area contributed by atoms with Gasteiger partial charge in [0.2, 0.25) is 0 Å². The van der Waals surface area contributed by atoms with Gasteiger partial charge in [0.05, 0.1) is 11.9 Å². The minimum absolute atomic E-state index is 0.148. The van der Waals surface area contributed by atoms with Gasteiger partial charge >= 0.3 is 0 Å². The summed E-state index contributed by atoms with van der Waals surface area (Å²) in [5, 5.41) is 17.5. The summed E-state index contributed by atoms with van der Waals surface area (Å²) in [7, 11) is 1.62. The highest BCUT2D eigenvalue weighted by molar-refractivity contribution is 6.30. The predicted molar refractivity (Wildman–Crippen MR) is 56.5 cm³/mol. The molecule has 0 saturated heterocycles. The third kappa shape index (κ3) is 1.91. The molecule has 16 heavy (non-hydrogen) atoms. The van der Waals surface area contributed by atoms with Gasteiger partial charge in [0, 0.05) is 17.6 Å². The number of hydrogen-bond acceptors (Lipinski definition) is 3. The van der Waals surface area contributed by atoms with Gasteiger partial charge in [-0.25, -0.2) is 9.07 Å². The molecule has 6 heteroatoms. The number of aliphatic hydroxyl groups is 1. The van der Waals surface area contributed by atoms with Crippen LogP contribution in [0, 0.1) is 5.82 Å². The Labute approximate surface area is 96.3 Å². The molecular formula is C10H9ClFN3O. The molecule has 0 spiro atoms. The summed E-state index contributed by atoms with van der Waals surface area (Å²) < 4.78 is 14.9. The van der Waals surface area contributed by atoms with E-state index in [0.29, 0.717) is 5.69 Å². The summed E-state index contributed by atoms with van der Waals surface area (Å²) in [5.74, 6) is -0.554. The van der Waals surface area contributed by atoms with Gasteiger partial charge in [0.25, 0.3) is 0 Å². The lowest BCUT2D eigenvalue weighted by Gasteiger charge is -2.11. The van der Waals surface area contributed by atoms with Crippen LogP contribution in [-0.2, 0) is 7.05 Å². The number of hydrogen-bond donors (Lipinski definition) is 1.